The molecule has 2 unspecified atom stereocenters. The highest BCUT2D eigenvalue weighted by Gasteiger charge is 2.39. The number of amidine groups is 1. The number of benzene rings is 1. The zero-order chi connectivity index (χ0) is 20.8. The summed E-state index contributed by atoms with van der Waals surface area (Å²) >= 11 is 0. The van der Waals surface area contributed by atoms with E-state index in [1.807, 2.05) is 32.0 Å². The lowest BCUT2D eigenvalue weighted by atomic mass is 9.91. The minimum atomic E-state index is -0.153. The van der Waals surface area contributed by atoms with Gasteiger partial charge in [0, 0.05) is 44.1 Å². The molecule has 3 heterocycles. The Bertz CT molecular complexity index is 713. The van der Waals surface area contributed by atoms with Crippen LogP contribution >= 0.6 is 0 Å². The third-order valence-corrected chi connectivity index (χ3v) is 5.70. The van der Waals surface area contributed by atoms with E-state index in [0.717, 1.165) is 63.0 Å². The van der Waals surface area contributed by atoms with E-state index in [1.54, 1.807) is 0 Å². The van der Waals surface area contributed by atoms with Gasteiger partial charge in [-0.3, -0.25) is 14.7 Å². The fourth-order valence-electron chi connectivity index (χ4n) is 4.24. The Morgan fingerprint density at radius 1 is 1.14 bits per heavy atom. The fraction of sp³-hybridized carbons (Fsp3) is 0.652. The maximum absolute atomic E-state index is 13.0. The number of ether oxygens (including phenoxy) is 2. The standard InChI is InChI=1S/C21H29N3O3.C2H6/c1-15(2)21-22-17-13-18(24(21)8-7-23-9-11-26-12-10-23)19(25)14-27-20-6-4-3-5-16(17)20;1-2/h3-6,15,17-18H,7-14H2,1-2H3;1-2H3. The fourth-order valence-corrected chi connectivity index (χ4v) is 4.24. The number of nitrogens with zero attached hydrogens (tertiary/aromatic N) is 3. The molecule has 1 saturated heterocycles. The number of carbonyl (C=O) groups is 1. The molecule has 2 atom stereocenters. The van der Waals surface area contributed by atoms with Crippen molar-refractivity contribution < 1.29 is 14.3 Å². The molecule has 0 radical (unpaired) electrons. The number of aliphatic imine (C=N–C) groups is 1. The van der Waals surface area contributed by atoms with E-state index in [2.05, 4.69) is 29.7 Å². The molecule has 2 bridgehead atoms. The predicted octanol–water partition coefficient (Wildman–Crippen LogP) is 3.18. The maximum Gasteiger partial charge on any atom is 0.192 e. The van der Waals surface area contributed by atoms with Crippen molar-refractivity contribution in [2.45, 2.75) is 46.2 Å². The van der Waals surface area contributed by atoms with Crippen LogP contribution in [0.5, 0.6) is 5.75 Å². The lowest BCUT2D eigenvalue weighted by Crippen LogP contribution is -2.54. The van der Waals surface area contributed by atoms with E-state index in [4.69, 9.17) is 14.5 Å². The number of hydrogen-bond donors (Lipinski definition) is 0. The molecule has 0 spiro atoms. The van der Waals surface area contributed by atoms with Crippen LogP contribution in [0.3, 0.4) is 0 Å². The van der Waals surface area contributed by atoms with Crippen molar-refractivity contribution in [1.29, 1.82) is 0 Å². The molecule has 3 aliphatic rings. The Kier molecular flexibility index (Phi) is 7.67. The van der Waals surface area contributed by atoms with Crippen LogP contribution in [0, 0.1) is 5.92 Å². The Morgan fingerprint density at radius 3 is 2.59 bits per heavy atom. The van der Waals surface area contributed by atoms with Crippen LogP contribution < -0.4 is 4.74 Å². The zero-order valence-corrected chi connectivity index (χ0v) is 18.3. The van der Waals surface area contributed by atoms with Crippen molar-refractivity contribution >= 4 is 11.6 Å². The first kappa shape index (κ1) is 21.8. The van der Waals surface area contributed by atoms with Crippen molar-refractivity contribution in [3.05, 3.63) is 29.8 Å². The van der Waals surface area contributed by atoms with Crippen molar-refractivity contribution in [2.24, 2.45) is 10.9 Å². The van der Waals surface area contributed by atoms with Crippen LogP contribution in [0.1, 0.15) is 45.7 Å². The average Bonchev–Trinajstić information content (AvgIpc) is 2.77. The summed E-state index contributed by atoms with van der Waals surface area (Å²) < 4.78 is 11.3. The summed E-state index contributed by atoms with van der Waals surface area (Å²) in [6.45, 7) is 13.7. The number of carbonyl (C=O) groups excluding carboxylic acids is 1. The molecule has 160 valence electrons. The molecule has 1 aromatic rings. The smallest absolute Gasteiger partial charge is 0.192 e. The number of fused-ring (bicyclic) bond motifs is 4. The van der Waals surface area contributed by atoms with Crippen molar-refractivity contribution in [3.8, 4) is 5.75 Å². The Morgan fingerprint density at radius 2 is 1.86 bits per heavy atom. The lowest BCUT2D eigenvalue weighted by molar-refractivity contribution is -0.126. The van der Waals surface area contributed by atoms with Gasteiger partial charge in [0.2, 0.25) is 0 Å². The number of ketones is 1. The highest BCUT2D eigenvalue weighted by molar-refractivity contribution is 5.94. The summed E-state index contributed by atoms with van der Waals surface area (Å²) in [7, 11) is 0. The predicted molar refractivity (Wildman–Crippen MR) is 116 cm³/mol. The first-order chi connectivity index (χ1) is 14.1. The monoisotopic (exact) mass is 401 g/mol. The van der Waals surface area contributed by atoms with Gasteiger partial charge in [0.05, 0.1) is 25.3 Å². The lowest BCUT2D eigenvalue weighted by Gasteiger charge is -2.43. The molecule has 4 rings (SSSR count). The Balaban J connectivity index is 0.00000117. The zero-order valence-electron chi connectivity index (χ0n) is 18.3. The van der Waals surface area contributed by atoms with Gasteiger partial charge in [-0.15, -0.1) is 0 Å². The van der Waals surface area contributed by atoms with Crippen molar-refractivity contribution in [2.75, 3.05) is 46.0 Å². The largest absolute Gasteiger partial charge is 0.485 e. The molecule has 1 aromatic carbocycles. The third-order valence-electron chi connectivity index (χ3n) is 5.70. The van der Waals surface area contributed by atoms with Gasteiger partial charge >= 0.3 is 0 Å². The van der Waals surface area contributed by atoms with E-state index in [1.165, 1.54) is 0 Å². The van der Waals surface area contributed by atoms with Gasteiger partial charge < -0.3 is 14.4 Å². The minimum absolute atomic E-state index is 0.00696. The van der Waals surface area contributed by atoms with Gasteiger partial charge in [-0.05, 0) is 6.07 Å². The van der Waals surface area contributed by atoms with Gasteiger partial charge in [0.25, 0.3) is 0 Å². The average molecular weight is 402 g/mol. The van der Waals surface area contributed by atoms with Crippen LogP contribution in [0.15, 0.2) is 29.3 Å². The molecule has 6 heteroatoms. The Hall–Kier alpha value is -1.92. The van der Waals surface area contributed by atoms with E-state index in [0.29, 0.717) is 0 Å². The van der Waals surface area contributed by atoms with E-state index in [-0.39, 0.29) is 30.4 Å². The van der Waals surface area contributed by atoms with E-state index in [9.17, 15) is 4.79 Å². The number of hydrogen-bond acceptors (Lipinski definition) is 6. The van der Waals surface area contributed by atoms with Gasteiger partial charge in [0.1, 0.15) is 18.2 Å². The molecule has 0 aliphatic carbocycles. The summed E-state index contributed by atoms with van der Waals surface area (Å²) in [5.41, 5.74) is 1.10. The molecule has 0 amide bonds. The number of para-hydroxylation sites is 1. The van der Waals surface area contributed by atoms with Gasteiger partial charge in [-0.1, -0.05) is 45.9 Å². The molecule has 6 nitrogen and oxygen atoms in total. The number of rotatable bonds is 4. The van der Waals surface area contributed by atoms with Crippen LogP contribution in [-0.4, -0.2) is 73.5 Å². The molecular weight excluding hydrogens is 366 g/mol. The first-order valence-corrected chi connectivity index (χ1v) is 11.0. The molecule has 0 aromatic heterocycles. The van der Waals surface area contributed by atoms with Crippen LogP contribution in [-0.2, 0) is 9.53 Å². The quantitative estimate of drug-likeness (QED) is 0.776. The van der Waals surface area contributed by atoms with Crippen LogP contribution in [0.4, 0.5) is 0 Å². The van der Waals surface area contributed by atoms with E-state index < -0.39 is 0 Å². The van der Waals surface area contributed by atoms with Gasteiger partial charge in [-0.25, -0.2) is 0 Å². The minimum Gasteiger partial charge on any atom is -0.485 e. The molecule has 29 heavy (non-hydrogen) atoms. The molecule has 3 aliphatic heterocycles. The second-order valence-electron chi connectivity index (χ2n) is 7.85. The van der Waals surface area contributed by atoms with Gasteiger partial charge in [0.15, 0.2) is 5.78 Å². The summed E-state index contributed by atoms with van der Waals surface area (Å²) in [5, 5.41) is 0. The van der Waals surface area contributed by atoms with Crippen molar-refractivity contribution in [3.63, 3.8) is 0 Å². The molecule has 1 fully saturated rings. The summed E-state index contributed by atoms with van der Waals surface area (Å²) in [6.07, 6.45) is 0.735. The SMILES string of the molecule is CC.CC(C)C1=NC2CC(C(=O)COc3ccccc32)N1CCN1CCOCC1. The first-order valence-electron chi connectivity index (χ1n) is 11.0. The molecule has 0 N–H and O–H groups in total. The Labute approximate surface area is 174 Å². The summed E-state index contributed by atoms with van der Waals surface area (Å²) in [4.78, 5) is 22.7. The molecular formula is C23H35N3O3. The number of morpholine rings is 1. The third kappa shape index (κ3) is 4.98. The highest BCUT2D eigenvalue weighted by atomic mass is 16.5. The normalized spacial score (nSPS) is 24.5. The second-order valence-corrected chi connectivity index (χ2v) is 7.85. The maximum atomic E-state index is 13.0. The van der Waals surface area contributed by atoms with Crippen molar-refractivity contribution in [1.82, 2.24) is 9.80 Å². The topological polar surface area (TPSA) is 54.4 Å². The number of Topliss-reactive ketones (excluding diaryl/α,β-unsaturated/α-hetero) is 1. The van der Waals surface area contributed by atoms with Gasteiger partial charge in [-0.2, -0.15) is 0 Å². The van der Waals surface area contributed by atoms with Crippen LogP contribution in [0.2, 0.25) is 0 Å². The van der Waals surface area contributed by atoms with Crippen LogP contribution in [0.25, 0.3) is 0 Å². The second kappa shape index (κ2) is 10.2. The summed E-state index contributed by atoms with van der Waals surface area (Å²) in [6, 6.07) is 7.84. The van der Waals surface area contributed by atoms with E-state index >= 15 is 0 Å². The molecule has 0 saturated carbocycles. The summed E-state index contributed by atoms with van der Waals surface area (Å²) in [5.74, 6) is 2.28. The highest BCUT2D eigenvalue weighted by Crippen LogP contribution is 2.38.